The number of aliphatic imine (C=N–C) groups is 1. The van der Waals surface area contributed by atoms with Crippen LogP contribution in [0.4, 0.5) is 0 Å². The molecule has 2 aromatic rings. The Bertz CT molecular complexity index is 502. The molecular weight excluding hydrogens is 286 g/mol. The second-order valence-electron chi connectivity index (χ2n) is 4.37. The van der Waals surface area contributed by atoms with Gasteiger partial charge in [-0.15, -0.1) is 0 Å². The Morgan fingerprint density at radius 2 is 1.72 bits per heavy atom. The third-order valence-electron chi connectivity index (χ3n) is 2.72. The first kappa shape index (κ1) is 13.0. The van der Waals surface area contributed by atoms with Gasteiger partial charge in [0, 0.05) is 10.7 Å². The van der Waals surface area contributed by atoms with Crippen LogP contribution >= 0.6 is 15.9 Å². The average Bonchev–Trinajstić information content (AvgIpc) is 2.39. The highest BCUT2D eigenvalue weighted by molar-refractivity contribution is 9.10. The first-order valence-electron chi connectivity index (χ1n) is 6.07. The molecule has 1 atom stereocenters. The van der Waals surface area contributed by atoms with Crippen molar-refractivity contribution in [3.8, 4) is 0 Å². The summed E-state index contributed by atoms with van der Waals surface area (Å²) in [5.41, 5.74) is 2.47. The molecule has 0 saturated heterocycles. The zero-order valence-electron chi connectivity index (χ0n) is 10.4. The first-order valence-corrected chi connectivity index (χ1v) is 6.86. The zero-order valence-corrected chi connectivity index (χ0v) is 12.0. The highest BCUT2D eigenvalue weighted by Gasteiger charge is 1.99. The molecular formula is C16H16BrN. The van der Waals surface area contributed by atoms with Gasteiger partial charge in [-0.25, -0.2) is 0 Å². The topological polar surface area (TPSA) is 12.4 Å². The van der Waals surface area contributed by atoms with Crippen LogP contribution < -0.4 is 0 Å². The van der Waals surface area contributed by atoms with Gasteiger partial charge in [0.25, 0.3) is 0 Å². The van der Waals surface area contributed by atoms with E-state index in [2.05, 4.69) is 64.2 Å². The average molecular weight is 302 g/mol. The molecule has 1 nitrogen and oxygen atoms in total. The molecule has 0 unspecified atom stereocenters. The van der Waals surface area contributed by atoms with Crippen molar-refractivity contribution >= 4 is 22.1 Å². The van der Waals surface area contributed by atoms with Crippen LogP contribution in [0.2, 0.25) is 0 Å². The van der Waals surface area contributed by atoms with Crippen molar-refractivity contribution in [2.45, 2.75) is 19.4 Å². The Kier molecular flexibility index (Phi) is 4.71. The minimum atomic E-state index is 0.302. The molecule has 0 spiro atoms. The summed E-state index contributed by atoms with van der Waals surface area (Å²) in [6, 6.07) is 19.0. The predicted molar refractivity (Wildman–Crippen MR) is 81.3 cm³/mol. The summed E-state index contributed by atoms with van der Waals surface area (Å²) < 4.78 is 1.09. The van der Waals surface area contributed by atoms with E-state index in [0.29, 0.717) is 6.04 Å². The summed E-state index contributed by atoms with van der Waals surface area (Å²) in [6.45, 7) is 2.14. The second-order valence-corrected chi connectivity index (χ2v) is 5.28. The number of halogens is 1. The molecule has 2 aromatic carbocycles. The summed E-state index contributed by atoms with van der Waals surface area (Å²) in [7, 11) is 0. The Labute approximate surface area is 117 Å². The lowest BCUT2D eigenvalue weighted by Gasteiger charge is -2.05. The molecule has 0 aliphatic heterocycles. The quantitative estimate of drug-likeness (QED) is 0.737. The van der Waals surface area contributed by atoms with Crippen LogP contribution in [0.25, 0.3) is 0 Å². The molecule has 0 fully saturated rings. The Morgan fingerprint density at radius 1 is 1.06 bits per heavy atom. The summed E-state index contributed by atoms with van der Waals surface area (Å²) >= 11 is 3.43. The van der Waals surface area contributed by atoms with Crippen LogP contribution in [0.1, 0.15) is 18.1 Å². The first-order chi connectivity index (χ1) is 8.74. The third-order valence-corrected chi connectivity index (χ3v) is 3.25. The molecule has 2 rings (SSSR count). The standard InChI is InChI=1S/C16H16BrN/c1-13(11-14-5-3-2-4-6-14)18-12-15-7-9-16(17)10-8-15/h2-10,12-13H,11H2,1H3/t13-/m1/s1. The van der Waals surface area contributed by atoms with Crippen molar-refractivity contribution in [3.05, 3.63) is 70.2 Å². The van der Waals surface area contributed by atoms with E-state index < -0.39 is 0 Å². The van der Waals surface area contributed by atoms with E-state index >= 15 is 0 Å². The normalized spacial score (nSPS) is 12.8. The number of hydrogen-bond donors (Lipinski definition) is 0. The molecule has 0 aliphatic carbocycles. The Hall–Kier alpha value is -1.41. The molecule has 2 heteroatoms. The van der Waals surface area contributed by atoms with Crippen LogP contribution in [0.3, 0.4) is 0 Å². The molecule has 0 aromatic heterocycles. The fourth-order valence-electron chi connectivity index (χ4n) is 1.77. The van der Waals surface area contributed by atoms with E-state index in [9.17, 15) is 0 Å². The fraction of sp³-hybridized carbons (Fsp3) is 0.188. The molecule has 0 saturated carbocycles. The third kappa shape index (κ3) is 4.11. The highest BCUT2D eigenvalue weighted by Crippen LogP contribution is 2.10. The van der Waals surface area contributed by atoms with Crippen molar-refractivity contribution in [3.63, 3.8) is 0 Å². The predicted octanol–water partition coefficient (Wildman–Crippen LogP) is 4.50. The lowest BCUT2D eigenvalue weighted by molar-refractivity contribution is 0.744. The molecule has 0 aliphatic rings. The van der Waals surface area contributed by atoms with Crippen LogP contribution in [0, 0.1) is 0 Å². The van der Waals surface area contributed by atoms with Crippen molar-refractivity contribution < 1.29 is 0 Å². The van der Waals surface area contributed by atoms with E-state index in [-0.39, 0.29) is 0 Å². The molecule has 0 heterocycles. The van der Waals surface area contributed by atoms with Gasteiger partial charge in [-0.1, -0.05) is 58.4 Å². The second kappa shape index (κ2) is 6.50. The van der Waals surface area contributed by atoms with Crippen molar-refractivity contribution in [2.75, 3.05) is 0 Å². The van der Waals surface area contributed by atoms with Gasteiger partial charge in [-0.2, -0.15) is 0 Å². The lowest BCUT2D eigenvalue weighted by Crippen LogP contribution is -2.03. The van der Waals surface area contributed by atoms with Gasteiger partial charge in [0.05, 0.1) is 6.04 Å². The molecule has 0 bridgehead atoms. The monoisotopic (exact) mass is 301 g/mol. The van der Waals surface area contributed by atoms with Gasteiger partial charge in [0.2, 0.25) is 0 Å². The molecule has 0 N–H and O–H groups in total. The van der Waals surface area contributed by atoms with Gasteiger partial charge in [0.15, 0.2) is 0 Å². The van der Waals surface area contributed by atoms with Gasteiger partial charge in [0.1, 0.15) is 0 Å². The number of hydrogen-bond acceptors (Lipinski definition) is 1. The van der Waals surface area contributed by atoms with Crippen LogP contribution in [0.5, 0.6) is 0 Å². The molecule has 92 valence electrons. The van der Waals surface area contributed by atoms with E-state index in [1.807, 2.05) is 24.4 Å². The summed E-state index contributed by atoms with van der Waals surface area (Å²) in [5, 5.41) is 0. The van der Waals surface area contributed by atoms with E-state index in [0.717, 1.165) is 16.5 Å². The van der Waals surface area contributed by atoms with Gasteiger partial charge in [-0.05, 0) is 36.6 Å². The van der Waals surface area contributed by atoms with Crippen molar-refractivity contribution in [2.24, 2.45) is 4.99 Å². The summed E-state index contributed by atoms with van der Waals surface area (Å²) in [6.07, 6.45) is 2.92. The van der Waals surface area contributed by atoms with Gasteiger partial charge < -0.3 is 0 Å². The number of benzene rings is 2. The molecule has 0 radical (unpaired) electrons. The Balaban J connectivity index is 1.95. The largest absolute Gasteiger partial charge is 0.289 e. The van der Waals surface area contributed by atoms with E-state index in [1.54, 1.807) is 0 Å². The fourth-order valence-corrected chi connectivity index (χ4v) is 2.03. The molecule has 18 heavy (non-hydrogen) atoms. The lowest BCUT2D eigenvalue weighted by atomic mass is 10.1. The minimum Gasteiger partial charge on any atom is -0.289 e. The van der Waals surface area contributed by atoms with E-state index in [4.69, 9.17) is 0 Å². The number of rotatable bonds is 4. The number of nitrogens with zero attached hydrogens (tertiary/aromatic N) is 1. The minimum absolute atomic E-state index is 0.302. The maximum atomic E-state index is 4.58. The van der Waals surface area contributed by atoms with Crippen molar-refractivity contribution in [1.29, 1.82) is 0 Å². The van der Waals surface area contributed by atoms with Crippen LogP contribution in [-0.2, 0) is 6.42 Å². The van der Waals surface area contributed by atoms with Crippen molar-refractivity contribution in [1.82, 2.24) is 0 Å². The Morgan fingerprint density at radius 3 is 2.39 bits per heavy atom. The van der Waals surface area contributed by atoms with Gasteiger partial charge in [-0.3, -0.25) is 4.99 Å². The smallest absolute Gasteiger partial charge is 0.0511 e. The maximum absolute atomic E-state index is 4.58. The SMILES string of the molecule is C[C@H](Cc1ccccc1)N=Cc1ccc(Br)cc1. The van der Waals surface area contributed by atoms with Gasteiger partial charge >= 0.3 is 0 Å². The summed E-state index contributed by atoms with van der Waals surface area (Å²) in [5.74, 6) is 0. The zero-order chi connectivity index (χ0) is 12.8. The maximum Gasteiger partial charge on any atom is 0.0511 e. The van der Waals surface area contributed by atoms with Crippen LogP contribution in [0.15, 0.2) is 64.1 Å². The summed E-state index contributed by atoms with van der Waals surface area (Å²) in [4.78, 5) is 4.58. The molecule has 0 amide bonds. The highest BCUT2D eigenvalue weighted by atomic mass is 79.9. The van der Waals surface area contributed by atoms with E-state index in [1.165, 1.54) is 5.56 Å². The van der Waals surface area contributed by atoms with Crippen LogP contribution in [-0.4, -0.2) is 12.3 Å².